The van der Waals surface area contributed by atoms with E-state index >= 15 is 0 Å². The van der Waals surface area contributed by atoms with Gasteiger partial charge in [0.1, 0.15) is 19.5 Å². The number of hydrogen-bond acceptors (Lipinski definition) is 6. The molecule has 0 fully saturated rings. The van der Waals surface area contributed by atoms with Gasteiger partial charge in [0.25, 0.3) is 5.22 Å². The van der Waals surface area contributed by atoms with Crippen molar-refractivity contribution < 1.29 is 13.9 Å². The van der Waals surface area contributed by atoms with Crippen LogP contribution in [0.4, 0.5) is 5.69 Å². The van der Waals surface area contributed by atoms with Crippen LogP contribution in [0.3, 0.4) is 0 Å². The van der Waals surface area contributed by atoms with E-state index in [1.54, 1.807) is 12.3 Å². The van der Waals surface area contributed by atoms with Crippen LogP contribution in [0, 0.1) is 0 Å². The van der Waals surface area contributed by atoms with Gasteiger partial charge >= 0.3 is 0 Å². The Hall–Kier alpha value is -1.82. The molecule has 5 nitrogen and oxygen atoms in total. The zero-order valence-electron chi connectivity index (χ0n) is 8.88. The predicted molar refractivity (Wildman–Crippen MR) is 62.5 cm³/mol. The quantitative estimate of drug-likeness (QED) is 0.824. The highest BCUT2D eigenvalue weighted by atomic mass is 32.2. The Kier molecular flexibility index (Phi) is 2.56. The smallest absolute Gasteiger partial charge is 0.260 e. The maximum absolute atomic E-state index is 5.94. The van der Waals surface area contributed by atoms with Gasteiger partial charge in [-0.3, -0.25) is 0 Å². The summed E-state index contributed by atoms with van der Waals surface area (Å²) in [5.74, 6) is 1.39. The van der Waals surface area contributed by atoms with Crippen molar-refractivity contribution in [1.82, 2.24) is 4.98 Å². The van der Waals surface area contributed by atoms with Crippen LogP contribution in [-0.4, -0.2) is 18.2 Å². The summed E-state index contributed by atoms with van der Waals surface area (Å²) in [5.41, 5.74) is 6.56. The summed E-state index contributed by atoms with van der Waals surface area (Å²) in [6.07, 6.45) is 3.12. The van der Waals surface area contributed by atoms with E-state index in [9.17, 15) is 0 Å². The van der Waals surface area contributed by atoms with Crippen LogP contribution in [0.15, 0.2) is 39.1 Å². The summed E-state index contributed by atoms with van der Waals surface area (Å²) in [6, 6.07) is 3.61. The van der Waals surface area contributed by atoms with Crippen molar-refractivity contribution in [2.75, 3.05) is 18.9 Å². The summed E-state index contributed by atoms with van der Waals surface area (Å²) >= 11 is 1.36. The van der Waals surface area contributed by atoms with Crippen molar-refractivity contribution in [2.45, 2.75) is 10.1 Å². The van der Waals surface area contributed by atoms with E-state index in [1.807, 2.05) is 6.07 Å². The van der Waals surface area contributed by atoms with Crippen LogP contribution < -0.4 is 15.2 Å². The molecular formula is C11H10N2O3S. The zero-order chi connectivity index (χ0) is 11.7. The van der Waals surface area contributed by atoms with Gasteiger partial charge in [-0.1, -0.05) is 0 Å². The van der Waals surface area contributed by atoms with E-state index in [0.29, 0.717) is 35.6 Å². The fourth-order valence-electron chi connectivity index (χ4n) is 1.53. The molecule has 17 heavy (non-hydrogen) atoms. The number of rotatable bonds is 2. The van der Waals surface area contributed by atoms with Gasteiger partial charge in [-0.15, -0.1) is 0 Å². The normalized spacial score (nSPS) is 13.6. The number of nitrogen functional groups attached to an aromatic ring is 1. The monoisotopic (exact) mass is 250 g/mol. The van der Waals surface area contributed by atoms with Crippen LogP contribution in [0.2, 0.25) is 0 Å². The first-order chi connectivity index (χ1) is 8.33. The van der Waals surface area contributed by atoms with E-state index in [4.69, 9.17) is 19.6 Å². The molecule has 1 aromatic carbocycles. The maximum Gasteiger partial charge on any atom is 0.260 e. The van der Waals surface area contributed by atoms with Crippen LogP contribution in [0.1, 0.15) is 0 Å². The first-order valence-electron chi connectivity index (χ1n) is 5.09. The summed E-state index contributed by atoms with van der Waals surface area (Å²) < 4.78 is 16.1. The molecule has 0 atom stereocenters. The van der Waals surface area contributed by atoms with Gasteiger partial charge in [0.05, 0.1) is 6.20 Å². The molecule has 0 unspecified atom stereocenters. The number of anilines is 1. The van der Waals surface area contributed by atoms with Gasteiger partial charge < -0.3 is 19.6 Å². The molecule has 1 aliphatic heterocycles. The molecule has 0 saturated heterocycles. The van der Waals surface area contributed by atoms with Gasteiger partial charge in [-0.2, -0.15) is 0 Å². The zero-order valence-corrected chi connectivity index (χ0v) is 9.70. The summed E-state index contributed by atoms with van der Waals surface area (Å²) in [6.45, 7) is 1.11. The Morgan fingerprint density at radius 3 is 2.65 bits per heavy atom. The lowest BCUT2D eigenvalue weighted by Gasteiger charge is -2.19. The average molecular weight is 250 g/mol. The highest BCUT2D eigenvalue weighted by Gasteiger charge is 2.16. The number of hydrogen-bond donors (Lipinski definition) is 1. The second-order valence-corrected chi connectivity index (χ2v) is 4.43. The van der Waals surface area contributed by atoms with Crippen molar-refractivity contribution in [2.24, 2.45) is 0 Å². The third-order valence-electron chi connectivity index (χ3n) is 2.28. The van der Waals surface area contributed by atoms with Crippen molar-refractivity contribution in [3.8, 4) is 11.5 Å². The standard InChI is InChI=1S/C11H10N2O3S/c12-7-5-8-9(15-4-3-14-8)6-10(7)17-11-13-1-2-16-11/h1-2,5-6H,3-4,12H2. The summed E-state index contributed by atoms with van der Waals surface area (Å²) in [7, 11) is 0. The Labute approximate surface area is 102 Å². The lowest BCUT2D eigenvalue weighted by atomic mass is 10.2. The van der Waals surface area contributed by atoms with Crippen molar-refractivity contribution >= 4 is 17.4 Å². The third kappa shape index (κ3) is 2.03. The molecule has 2 aromatic rings. The number of fused-ring (bicyclic) bond motifs is 1. The SMILES string of the molecule is Nc1cc2c(cc1Sc1ncco1)OCCO2. The molecule has 0 aliphatic carbocycles. The Morgan fingerprint density at radius 1 is 1.18 bits per heavy atom. The number of aromatic nitrogens is 1. The molecule has 0 spiro atoms. The maximum atomic E-state index is 5.94. The largest absolute Gasteiger partial charge is 0.486 e. The second-order valence-electron chi connectivity index (χ2n) is 3.43. The molecule has 0 amide bonds. The predicted octanol–water partition coefficient (Wildman–Crippen LogP) is 2.18. The Balaban J connectivity index is 1.94. The lowest BCUT2D eigenvalue weighted by Crippen LogP contribution is -2.15. The van der Waals surface area contributed by atoms with Gasteiger partial charge in [0, 0.05) is 22.7 Å². The molecule has 6 heteroatoms. The Bertz CT molecular complexity index is 528. The number of nitrogens with two attached hydrogens (primary N) is 1. The van der Waals surface area contributed by atoms with E-state index in [2.05, 4.69) is 4.98 Å². The van der Waals surface area contributed by atoms with Crippen LogP contribution in [0.25, 0.3) is 0 Å². The van der Waals surface area contributed by atoms with Gasteiger partial charge in [0.15, 0.2) is 11.5 Å². The summed E-state index contributed by atoms with van der Waals surface area (Å²) in [4.78, 5) is 4.88. The highest BCUT2D eigenvalue weighted by molar-refractivity contribution is 7.99. The molecule has 1 aliphatic rings. The number of ether oxygens (including phenoxy) is 2. The van der Waals surface area contributed by atoms with Crippen LogP contribution in [-0.2, 0) is 0 Å². The summed E-state index contributed by atoms with van der Waals surface area (Å²) in [5, 5.41) is 0.549. The Morgan fingerprint density at radius 2 is 1.94 bits per heavy atom. The third-order valence-corrected chi connectivity index (χ3v) is 3.23. The molecule has 88 valence electrons. The second kappa shape index (κ2) is 4.21. The number of benzene rings is 1. The molecule has 3 rings (SSSR count). The lowest BCUT2D eigenvalue weighted by molar-refractivity contribution is 0.171. The minimum absolute atomic E-state index is 0.549. The van der Waals surface area contributed by atoms with Crippen LogP contribution >= 0.6 is 11.8 Å². The first kappa shape index (κ1) is 10.3. The fraction of sp³-hybridized carbons (Fsp3) is 0.182. The molecular weight excluding hydrogens is 240 g/mol. The topological polar surface area (TPSA) is 70.5 Å². The minimum Gasteiger partial charge on any atom is -0.486 e. The van der Waals surface area contributed by atoms with Gasteiger partial charge in [-0.25, -0.2) is 4.98 Å². The molecule has 2 heterocycles. The fourth-order valence-corrected chi connectivity index (χ4v) is 2.28. The molecule has 0 bridgehead atoms. The number of nitrogens with zero attached hydrogens (tertiary/aromatic N) is 1. The molecule has 0 saturated carbocycles. The van der Waals surface area contributed by atoms with Gasteiger partial charge in [0.2, 0.25) is 0 Å². The number of oxazole rings is 1. The van der Waals surface area contributed by atoms with E-state index in [1.165, 1.54) is 18.0 Å². The van der Waals surface area contributed by atoms with E-state index in [0.717, 1.165) is 4.90 Å². The van der Waals surface area contributed by atoms with Gasteiger partial charge in [-0.05, 0) is 11.8 Å². The highest BCUT2D eigenvalue weighted by Crippen LogP contribution is 2.40. The molecule has 1 aromatic heterocycles. The van der Waals surface area contributed by atoms with E-state index in [-0.39, 0.29) is 0 Å². The molecule has 2 N–H and O–H groups in total. The van der Waals surface area contributed by atoms with Crippen LogP contribution in [0.5, 0.6) is 11.5 Å². The molecule has 0 radical (unpaired) electrons. The van der Waals surface area contributed by atoms with Crippen molar-refractivity contribution in [3.63, 3.8) is 0 Å². The average Bonchev–Trinajstić information content (AvgIpc) is 2.83. The first-order valence-corrected chi connectivity index (χ1v) is 5.91. The van der Waals surface area contributed by atoms with Crippen molar-refractivity contribution in [3.05, 3.63) is 24.6 Å². The van der Waals surface area contributed by atoms with E-state index < -0.39 is 0 Å². The minimum atomic E-state index is 0.549. The van der Waals surface area contributed by atoms with Crippen molar-refractivity contribution in [1.29, 1.82) is 0 Å².